The lowest BCUT2D eigenvalue weighted by molar-refractivity contribution is 0.0842. The van der Waals surface area contributed by atoms with Gasteiger partial charge in [-0.15, -0.1) is 5.10 Å². The second-order valence-electron chi connectivity index (χ2n) is 14.9. The van der Waals surface area contributed by atoms with E-state index in [1.54, 1.807) is 13.8 Å². The van der Waals surface area contributed by atoms with Crippen molar-refractivity contribution in [3.8, 4) is 0 Å². The van der Waals surface area contributed by atoms with Crippen molar-refractivity contribution in [1.29, 1.82) is 0 Å². The number of fused-ring (bicyclic) bond motifs is 4. The summed E-state index contributed by atoms with van der Waals surface area (Å²) < 4.78 is 54.3. The Hall–Kier alpha value is -4.18. The average Bonchev–Trinajstić information content (AvgIpc) is 3.83. The van der Waals surface area contributed by atoms with Crippen LogP contribution in [0.3, 0.4) is 0 Å². The predicted octanol–water partition coefficient (Wildman–Crippen LogP) is 4.04. The summed E-state index contributed by atoms with van der Waals surface area (Å²) in [6.07, 6.45) is 14.3. The Bertz CT molecular complexity index is 2320. The molecule has 0 spiro atoms. The third kappa shape index (κ3) is 6.20. The quantitative estimate of drug-likeness (QED) is 0.307. The van der Waals surface area contributed by atoms with Gasteiger partial charge in [-0.3, -0.25) is 9.59 Å². The zero-order chi connectivity index (χ0) is 37.3. The van der Waals surface area contributed by atoms with E-state index in [2.05, 4.69) is 10.2 Å². The highest BCUT2D eigenvalue weighted by Gasteiger charge is 2.36. The number of nitrogens with zero attached hydrogens (tertiary/aromatic N) is 6. The first kappa shape index (κ1) is 36.2. The number of carbonyl (C=O) groups is 2. The van der Waals surface area contributed by atoms with Crippen LogP contribution in [0.2, 0.25) is 0 Å². The molecule has 0 bridgehead atoms. The Morgan fingerprint density at radius 3 is 1.62 bits per heavy atom. The standard InChI is InChI=1S/2C18H24N4O3S/c1-11-10-14-12(7-5-9-16(14)22(11)26(2,24)25)18(23)21-15-8-4-3-6-13(15)17(19)20-21;1-11-10-14-12(7-5-9-16(14)22(11)26(2,24)25)18(23)21-17(19)13-6-3-4-8-15(13)20-21/h10,12H,3-9H2,1-2H3,(H2,19,20);10,12H,3-9,19H2,1-2H3. The number of carbonyl (C=O) groups excluding carboxylic acids is 2. The lowest BCUT2D eigenvalue weighted by Crippen LogP contribution is -2.27. The highest BCUT2D eigenvalue weighted by molar-refractivity contribution is 7.89. The second kappa shape index (κ2) is 13.3. The molecule has 52 heavy (non-hydrogen) atoms. The molecule has 0 radical (unpaired) electrons. The number of hydrogen-bond acceptors (Lipinski definition) is 10. The molecule has 0 saturated heterocycles. The molecule has 0 aliphatic heterocycles. The summed E-state index contributed by atoms with van der Waals surface area (Å²) in [6, 6.07) is 3.68. The molecule has 4 aliphatic rings. The molecular formula is C36H48N8O6S2. The van der Waals surface area contributed by atoms with E-state index in [0.29, 0.717) is 48.7 Å². The minimum absolute atomic E-state index is 0.0912. The normalized spacial score (nSPS) is 19.8. The van der Waals surface area contributed by atoms with E-state index in [0.717, 1.165) is 109 Å². The van der Waals surface area contributed by atoms with Gasteiger partial charge in [0.2, 0.25) is 20.0 Å². The lowest BCUT2D eigenvalue weighted by atomic mass is 9.86. The molecular weight excluding hydrogens is 705 g/mol. The number of nitrogens with two attached hydrogens (primary N) is 2. The van der Waals surface area contributed by atoms with Crippen LogP contribution in [0.15, 0.2) is 12.1 Å². The highest BCUT2D eigenvalue weighted by Crippen LogP contribution is 2.39. The molecule has 4 N–H and O–H groups in total. The first-order valence-electron chi connectivity index (χ1n) is 18.2. The van der Waals surface area contributed by atoms with Crippen LogP contribution >= 0.6 is 0 Å². The summed E-state index contributed by atoms with van der Waals surface area (Å²) in [5.74, 6) is -0.102. The maximum Gasteiger partial charge on any atom is 0.256 e. The summed E-state index contributed by atoms with van der Waals surface area (Å²) >= 11 is 0. The summed E-state index contributed by atoms with van der Waals surface area (Å²) in [4.78, 5) is 26.5. The molecule has 0 saturated carbocycles. The molecule has 16 heteroatoms. The van der Waals surface area contributed by atoms with Crippen LogP contribution in [-0.4, -0.2) is 68.7 Å². The van der Waals surface area contributed by atoms with Crippen LogP contribution in [0.25, 0.3) is 0 Å². The van der Waals surface area contributed by atoms with Crippen molar-refractivity contribution in [3.63, 3.8) is 0 Å². The molecule has 4 aromatic rings. The van der Waals surface area contributed by atoms with Gasteiger partial charge in [-0.25, -0.2) is 29.5 Å². The van der Waals surface area contributed by atoms with Crippen molar-refractivity contribution in [2.75, 3.05) is 24.0 Å². The highest BCUT2D eigenvalue weighted by atomic mass is 32.2. The number of hydrogen-bond donors (Lipinski definition) is 2. The topological polar surface area (TPSA) is 200 Å². The number of aromatic nitrogens is 6. The zero-order valence-corrected chi connectivity index (χ0v) is 31.9. The fourth-order valence-corrected chi connectivity index (χ4v) is 11.4. The van der Waals surface area contributed by atoms with Crippen molar-refractivity contribution in [3.05, 3.63) is 68.6 Å². The Morgan fingerprint density at radius 2 is 1.10 bits per heavy atom. The van der Waals surface area contributed by atoms with Gasteiger partial charge in [0.05, 0.1) is 35.7 Å². The van der Waals surface area contributed by atoms with E-state index in [4.69, 9.17) is 11.5 Å². The first-order chi connectivity index (χ1) is 24.6. The Kier molecular flexibility index (Phi) is 9.29. The van der Waals surface area contributed by atoms with Crippen molar-refractivity contribution < 1.29 is 26.4 Å². The number of nitrogen functional groups attached to an aromatic ring is 2. The fourth-order valence-electron chi connectivity index (χ4n) is 9.04. The molecule has 2 atom stereocenters. The summed E-state index contributed by atoms with van der Waals surface area (Å²) in [5, 5.41) is 8.83. The van der Waals surface area contributed by atoms with Gasteiger partial charge in [-0.05, 0) is 127 Å². The van der Waals surface area contributed by atoms with E-state index in [-0.39, 0.29) is 17.7 Å². The lowest BCUT2D eigenvalue weighted by Gasteiger charge is -2.23. The van der Waals surface area contributed by atoms with Crippen LogP contribution in [0, 0.1) is 13.8 Å². The maximum absolute atomic E-state index is 13.3. The van der Waals surface area contributed by atoms with E-state index in [1.165, 1.54) is 29.8 Å². The van der Waals surface area contributed by atoms with Crippen molar-refractivity contribution in [1.82, 2.24) is 27.5 Å². The molecule has 0 amide bonds. The monoisotopic (exact) mass is 752 g/mol. The van der Waals surface area contributed by atoms with E-state index >= 15 is 0 Å². The first-order valence-corrected chi connectivity index (χ1v) is 21.9. The average molecular weight is 753 g/mol. The van der Waals surface area contributed by atoms with Crippen LogP contribution in [0.4, 0.5) is 11.6 Å². The van der Waals surface area contributed by atoms with Gasteiger partial charge in [0, 0.05) is 33.9 Å². The van der Waals surface area contributed by atoms with Gasteiger partial charge in [-0.2, -0.15) is 9.78 Å². The minimum atomic E-state index is -3.40. The molecule has 4 aromatic heterocycles. The van der Waals surface area contributed by atoms with Gasteiger partial charge in [0.25, 0.3) is 11.8 Å². The molecule has 14 nitrogen and oxygen atoms in total. The maximum atomic E-state index is 13.3. The third-order valence-electron chi connectivity index (χ3n) is 11.2. The van der Waals surface area contributed by atoms with E-state index in [1.807, 2.05) is 12.1 Å². The number of anilines is 2. The van der Waals surface area contributed by atoms with Crippen LogP contribution < -0.4 is 11.5 Å². The van der Waals surface area contributed by atoms with E-state index in [9.17, 15) is 26.4 Å². The van der Waals surface area contributed by atoms with Crippen molar-refractivity contribution in [2.45, 2.75) is 116 Å². The zero-order valence-electron chi connectivity index (χ0n) is 30.3. The molecule has 0 aromatic carbocycles. The Labute approximate surface area is 304 Å². The van der Waals surface area contributed by atoms with Gasteiger partial charge < -0.3 is 11.5 Å². The smallest absolute Gasteiger partial charge is 0.256 e. The Balaban J connectivity index is 0.000000162. The molecule has 4 aliphatic carbocycles. The van der Waals surface area contributed by atoms with E-state index < -0.39 is 26.0 Å². The van der Waals surface area contributed by atoms with Gasteiger partial charge >= 0.3 is 0 Å². The predicted molar refractivity (Wildman–Crippen MR) is 198 cm³/mol. The van der Waals surface area contributed by atoms with Gasteiger partial charge in [0.15, 0.2) is 0 Å². The SMILES string of the molecule is Cc1cc2c(n1S(C)(=O)=O)CCCC2C(=O)n1nc(N)c2c1CCCC2.Cc1cc2c(n1S(C)(=O)=O)CCCC2C(=O)n1nc2c(c1N)CCCC2. The molecule has 280 valence electrons. The summed E-state index contributed by atoms with van der Waals surface area (Å²) in [5.41, 5.74) is 20.5. The Morgan fingerprint density at radius 1 is 0.635 bits per heavy atom. The van der Waals surface area contributed by atoms with Crippen LogP contribution in [0.1, 0.15) is 129 Å². The fraction of sp³-hybridized carbons (Fsp3) is 0.556. The minimum Gasteiger partial charge on any atom is -0.383 e. The van der Waals surface area contributed by atoms with Gasteiger partial charge in [0.1, 0.15) is 11.6 Å². The molecule has 4 heterocycles. The molecule has 2 unspecified atom stereocenters. The summed E-state index contributed by atoms with van der Waals surface area (Å²) in [7, 11) is -6.79. The largest absolute Gasteiger partial charge is 0.383 e. The number of rotatable bonds is 4. The van der Waals surface area contributed by atoms with Gasteiger partial charge in [-0.1, -0.05) is 0 Å². The number of aryl methyl sites for hydroxylation is 3. The van der Waals surface area contributed by atoms with Crippen molar-refractivity contribution in [2.24, 2.45) is 0 Å². The van der Waals surface area contributed by atoms with Crippen molar-refractivity contribution >= 4 is 43.5 Å². The van der Waals surface area contributed by atoms with Crippen LogP contribution in [-0.2, 0) is 58.6 Å². The molecule has 8 rings (SSSR count). The molecule has 0 fully saturated rings. The second-order valence-corrected chi connectivity index (χ2v) is 18.5. The third-order valence-corrected chi connectivity index (χ3v) is 13.5. The van der Waals surface area contributed by atoms with Crippen LogP contribution in [0.5, 0.6) is 0 Å². The summed E-state index contributed by atoms with van der Waals surface area (Å²) in [6.45, 7) is 3.54.